The second-order valence-corrected chi connectivity index (χ2v) is 6.37. The van der Waals surface area contributed by atoms with Crippen molar-refractivity contribution < 1.29 is 19.3 Å². The molecule has 0 radical (unpaired) electrons. The lowest BCUT2D eigenvalue weighted by Gasteiger charge is -2.26. The molecule has 0 unspecified atom stereocenters. The highest BCUT2D eigenvalue weighted by atomic mass is 16.6. The smallest absolute Gasteiger partial charge is 0.317 e. The predicted molar refractivity (Wildman–Crippen MR) is 108 cm³/mol. The third-order valence-corrected chi connectivity index (χ3v) is 4.51. The van der Waals surface area contributed by atoms with Gasteiger partial charge in [0.1, 0.15) is 5.57 Å². The summed E-state index contributed by atoms with van der Waals surface area (Å²) in [4.78, 5) is 49.0. The summed E-state index contributed by atoms with van der Waals surface area (Å²) in [6.45, 7) is 0. The molecule has 1 aliphatic heterocycles. The Balaban J connectivity index is 1.75. The Bertz CT molecular complexity index is 1210. The zero-order valence-electron chi connectivity index (χ0n) is 15.4. The number of amides is 4. The summed E-state index contributed by atoms with van der Waals surface area (Å²) < 4.78 is 1.60. The standard InChI is InChI=1S/C21H14N4O5/c26-19-18(20(27)24(21(28)22-19)14-6-2-1-3-7-14)13-16-10-5-11-23(16)15-8-4-9-17(12-15)25(29)30/h1-13H,(H,22,26,28)/b18-13+. The molecule has 1 aromatic heterocycles. The minimum absolute atomic E-state index is 0.0906. The average Bonchev–Trinajstić information content (AvgIpc) is 3.20. The molecule has 1 N–H and O–H groups in total. The van der Waals surface area contributed by atoms with Gasteiger partial charge in [0.15, 0.2) is 0 Å². The number of barbiturate groups is 1. The zero-order chi connectivity index (χ0) is 21.3. The maximum Gasteiger partial charge on any atom is 0.335 e. The molecule has 148 valence electrons. The van der Waals surface area contributed by atoms with Crippen LogP contribution in [0.5, 0.6) is 0 Å². The Labute approximate surface area is 170 Å². The third kappa shape index (κ3) is 3.35. The number of nitrogens with one attached hydrogen (secondary N) is 1. The van der Waals surface area contributed by atoms with Crippen LogP contribution in [0.1, 0.15) is 5.69 Å². The number of nitrogens with zero attached hydrogens (tertiary/aromatic N) is 3. The monoisotopic (exact) mass is 402 g/mol. The fraction of sp³-hybridized carbons (Fsp3) is 0. The lowest BCUT2D eigenvalue weighted by atomic mass is 10.1. The number of carbonyl (C=O) groups excluding carboxylic acids is 3. The molecule has 4 rings (SSSR count). The number of anilines is 1. The number of hydrogen-bond acceptors (Lipinski definition) is 5. The molecule has 0 spiro atoms. The van der Waals surface area contributed by atoms with Gasteiger partial charge in [-0.2, -0.15) is 0 Å². The van der Waals surface area contributed by atoms with Crippen LogP contribution in [0.25, 0.3) is 11.8 Å². The van der Waals surface area contributed by atoms with E-state index in [9.17, 15) is 24.5 Å². The Morgan fingerprint density at radius 1 is 0.900 bits per heavy atom. The van der Waals surface area contributed by atoms with Crippen LogP contribution in [-0.2, 0) is 9.59 Å². The first-order valence-electron chi connectivity index (χ1n) is 8.84. The van der Waals surface area contributed by atoms with Gasteiger partial charge in [-0.1, -0.05) is 24.3 Å². The van der Waals surface area contributed by atoms with E-state index in [1.165, 1.54) is 18.2 Å². The van der Waals surface area contributed by atoms with Gasteiger partial charge in [-0.05, 0) is 36.4 Å². The normalized spacial score (nSPS) is 15.4. The Hall–Kier alpha value is -4.53. The van der Waals surface area contributed by atoms with Crippen molar-refractivity contribution in [2.45, 2.75) is 0 Å². The number of urea groups is 1. The molecule has 2 aromatic carbocycles. The molecule has 0 bridgehead atoms. The summed E-state index contributed by atoms with van der Waals surface area (Å²) in [6.07, 6.45) is 3.00. The molecule has 0 aliphatic carbocycles. The Kier molecular flexibility index (Phi) is 4.69. The molecular formula is C21H14N4O5. The highest BCUT2D eigenvalue weighted by molar-refractivity contribution is 6.39. The van der Waals surface area contributed by atoms with Gasteiger partial charge >= 0.3 is 6.03 Å². The van der Waals surface area contributed by atoms with Crippen LogP contribution >= 0.6 is 0 Å². The van der Waals surface area contributed by atoms with Crippen molar-refractivity contribution in [3.8, 4) is 5.69 Å². The number of rotatable bonds is 4. The zero-order valence-corrected chi connectivity index (χ0v) is 15.4. The minimum Gasteiger partial charge on any atom is -0.317 e. The van der Waals surface area contributed by atoms with Crippen LogP contribution in [0.4, 0.5) is 16.2 Å². The average molecular weight is 402 g/mol. The molecule has 0 saturated carbocycles. The summed E-state index contributed by atoms with van der Waals surface area (Å²) in [7, 11) is 0. The van der Waals surface area contributed by atoms with Crippen LogP contribution in [0, 0.1) is 10.1 Å². The second kappa shape index (κ2) is 7.47. The fourth-order valence-electron chi connectivity index (χ4n) is 3.12. The molecule has 4 amide bonds. The molecule has 1 aliphatic rings. The third-order valence-electron chi connectivity index (χ3n) is 4.51. The Morgan fingerprint density at radius 3 is 2.37 bits per heavy atom. The molecule has 2 heterocycles. The molecule has 3 aromatic rings. The number of imide groups is 2. The van der Waals surface area contributed by atoms with E-state index in [-0.39, 0.29) is 11.3 Å². The maximum absolute atomic E-state index is 12.9. The highest BCUT2D eigenvalue weighted by Gasteiger charge is 2.36. The number of aromatic nitrogens is 1. The van der Waals surface area contributed by atoms with Crippen molar-refractivity contribution in [3.05, 3.63) is 94.3 Å². The lowest BCUT2D eigenvalue weighted by Crippen LogP contribution is -2.54. The number of carbonyl (C=O) groups is 3. The fourth-order valence-corrected chi connectivity index (χ4v) is 3.12. The van der Waals surface area contributed by atoms with Gasteiger partial charge in [0.2, 0.25) is 0 Å². The van der Waals surface area contributed by atoms with E-state index in [1.54, 1.807) is 65.4 Å². The summed E-state index contributed by atoms with van der Waals surface area (Å²) in [5.41, 5.74) is 0.931. The van der Waals surface area contributed by atoms with E-state index >= 15 is 0 Å². The molecule has 30 heavy (non-hydrogen) atoms. The van der Waals surface area contributed by atoms with E-state index in [1.807, 2.05) is 0 Å². The molecular weight excluding hydrogens is 388 g/mol. The van der Waals surface area contributed by atoms with E-state index < -0.39 is 22.8 Å². The number of para-hydroxylation sites is 1. The van der Waals surface area contributed by atoms with Gasteiger partial charge in [-0.15, -0.1) is 0 Å². The number of non-ortho nitro benzene ring substituents is 1. The quantitative estimate of drug-likeness (QED) is 0.312. The van der Waals surface area contributed by atoms with E-state index in [0.29, 0.717) is 17.1 Å². The first kappa shape index (κ1) is 18.8. The van der Waals surface area contributed by atoms with Gasteiger partial charge in [-0.25, -0.2) is 9.69 Å². The van der Waals surface area contributed by atoms with Crippen LogP contribution in [0.3, 0.4) is 0 Å². The Morgan fingerprint density at radius 2 is 1.63 bits per heavy atom. The van der Waals surface area contributed by atoms with Crippen molar-refractivity contribution in [2.75, 3.05) is 4.90 Å². The van der Waals surface area contributed by atoms with Gasteiger partial charge in [0.25, 0.3) is 17.5 Å². The minimum atomic E-state index is -0.831. The SMILES string of the molecule is O=C1NC(=O)N(c2ccccc2)C(=O)/C1=C/c1cccn1-c1cccc([N+](=O)[O-])c1. The summed E-state index contributed by atoms with van der Waals surface area (Å²) in [6, 6.07) is 16.7. The van der Waals surface area contributed by atoms with Gasteiger partial charge in [-0.3, -0.25) is 25.0 Å². The lowest BCUT2D eigenvalue weighted by molar-refractivity contribution is -0.384. The summed E-state index contributed by atoms with van der Waals surface area (Å²) in [5, 5.41) is 13.2. The molecule has 9 heteroatoms. The maximum atomic E-state index is 12.9. The molecule has 0 atom stereocenters. The van der Waals surface area contributed by atoms with Crippen molar-refractivity contribution in [2.24, 2.45) is 0 Å². The number of hydrogen-bond donors (Lipinski definition) is 1. The molecule has 1 saturated heterocycles. The van der Waals surface area contributed by atoms with Crippen LogP contribution < -0.4 is 10.2 Å². The number of nitro benzene ring substituents is 1. The van der Waals surface area contributed by atoms with Crippen molar-refractivity contribution >= 4 is 35.3 Å². The van der Waals surface area contributed by atoms with Gasteiger partial charge < -0.3 is 4.57 Å². The summed E-state index contributed by atoms with van der Waals surface area (Å²) >= 11 is 0. The number of benzene rings is 2. The molecule has 1 fully saturated rings. The first-order chi connectivity index (χ1) is 14.5. The van der Waals surface area contributed by atoms with Crippen molar-refractivity contribution in [1.82, 2.24) is 9.88 Å². The van der Waals surface area contributed by atoms with Gasteiger partial charge in [0.05, 0.1) is 16.3 Å². The van der Waals surface area contributed by atoms with E-state index in [0.717, 1.165) is 4.90 Å². The largest absolute Gasteiger partial charge is 0.335 e. The number of nitro groups is 1. The highest BCUT2D eigenvalue weighted by Crippen LogP contribution is 2.24. The van der Waals surface area contributed by atoms with Gasteiger partial charge in [0, 0.05) is 24.0 Å². The van der Waals surface area contributed by atoms with Crippen LogP contribution in [-0.4, -0.2) is 27.3 Å². The summed E-state index contributed by atoms with van der Waals surface area (Å²) in [5.74, 6) is -1.58. The van der Waals surface area contributed by atoms with Crippen molar-refractivity contribution in [3.63, 3.8) is 0 Å². The second-order valence-electron chi connectivity index (χ2n) is 6.37. The topological polar surface area (TPSA) is 115 Å². The predicted octanol–water partition coefficient (Wildman–Crippen LogP) is 3.05. The van der Waals surface area contributed by atoms with Crippen LogP contribution in [0.15, 0.2) is 78.5 Å². The van der Waals surface area contributed by atoms with E-state index in [4.69, 9.17) is 0 Å². The van der Waals surface area contributed by atoms with Crippen LogP contribution in [0.2, 0.25) is 0 Å². The van der Waals surface area contributed by atoms with E-state index in [2.05, 4.69) is 5.32 Å². The molecule has 9 nitrogen and oxygen atoms in total. The first-order valence-corrected chi connectivity index (χ1v) is 8.84. The van der Waals surface area contributed by atoms with Crippen molar-refractivity contribution in [1.29, 1.82) is 0 Å².